The number of aryl methyl sites for hydroxylation is 1. The molecule has 4 amide bonds. The van der Waals surface area contributed by atoms with E-state index in [1.165, 1.54) is 0 Å². The molecule has 7 nitrogen and oxygen atoms in total. The lowest BCUT2D eigenvalue weighted by Crippen LogP contribution is -2.54. The average Bonchev–Trinajstić information content (AvgIpc) is 2.89. The topological polar surface area (TPSA) is 92.8 Å². The van der Waals surface area contributed by atoms with E-state index in [4.69, 9.17) is 4.74 Å². The number of rotatable bonds is 8. The van der Waals surface area contributed by atoms with E-state index in [1.807, 2.05) is 6.07 Å². The first kappa shape index (κ1) is 19.2. The average molecular weight is 372 g/mol. The summed E-state index contributed by atoms with van der Waals surface area (Å²) in [5, 5.41) is 2.20. The Morgan fingerprint density at radius 1 is 1.07 bits per heavy atom. The van der Waals surface area contributed by atoms with Gasteiger partial charge in [0.05, 0.1) is 11.1 Å². The van der Waals surface area contributed by atoms with Gasteiger partial charge in [0.2, 0.25) is 11.8 Å². The first-order valence-corrected chi connectivity index (χ1v) is 9.45. The Morgan fingerprint density at radius 3 is 2.56 bits per heavy atom. The number of imide groups is 2. The standard InChI is InChI=1S/C20H24N2O5/c1-2-3-10-27-11-4-5-13-6-7-14-15(12-13)20(26)22(19(14)25)16-8-9-17(23)21-18(16)24/h6-7,12,16H,2-5,8-11H2,1H3,(H,21,23,24). The zero-order chi connectivity index (χ0) is 19.4. The predicted octanol–water partition coefficient (Wildman–Crippen LogP) is 1.84. The normalized spacial score (nSPS) is 19.4. The maximum absolute atomic E-state index is 12.7. The minimum absolute atomic E-state index is 0.118. The third-order valence-corrected chi connectivity index (χ3v) is 4.90. The number of hydrogen-bond donors (Lipinski definition) is 1. The van der Waals surface area contributed by atoms with E-state index < -0.39 is 23.8 Å². The molecule has 1 N–H and O–H groups in total. The van der Waals surface area contributed by atoms with E-state index >= 15 is 0 Å². The highest BCUT2D eigenvalue weighted by molar-refractivity contribution is 6.23. The summed E-state index contributed by atoms with van der Waals surface area (Å²) in [6.45, 7) is 3.53. The van der Waals surface area contributed by atoms with Crippen molar-refractivity contribution in [2.24, 2.45) is 0 Å². The van der Waals surface area contributed by atoms with Crippen molar-refractivity contribution < 1.29 is 23.9 Å². The number of piperidine rings is 1. The Hall–Kier alpha value is -2.54. The highest BCUT2D eigenvalue weighted by atomic mass is 16.5. The lowest BCUT2D eigenvalue weighted by Gasteiger charge is -2.27. The molecular formula is C20H24N2O5. The summed E-state index contributed by atoms with van der Waals surface area (Å²) in [4.78, 5) is 49.7. The second kappa shape index (κ2) is 8.43. The van der Waals surface area contributed by atoms with Crippen LogP contribution in [0.4, 0.5) is 0 Å². The number of amides is 4. The van der Waals surface area contributed by atoms with E-state index in [9.17, 15) is 19.2 Å². The molecule has 1 saturated heterocycles. The molecule has 0 aromatic heterocycles. The van der Waals surface area contributed by atoms with Crippen molar-refractivity contribution in [2.45, 2.75) is 51.5 Å². The van der Waals surface area contributed by atoms with Crippen LogP contribution in [0.25, 0.3) is 0 Å². The summed E-state index contributed by atoms with van der Waals surface area (Å²) in [6.07, 6.45) is 4.02. The molecule has 0 saturated carbocycles. The zero-order valence-electron chi connectivity index (χ0n) is 15.5. The number of ether oxygens (including phenoxy) is 1. The van der Waals surface area contributed by atoms with E-state index in [1.54, 1.807) is 12.1 Å². The maximum Gasteiger partial charge on any atom is 0.262 e. The fourth-order valence-electron chi connectivity index (χ4n) is 3.40. The Balaban J connectivity index is 1.66. The Kier molecular flexibility index (Phi) is 6.01. The van der Waals surface area contributed by atoms with Crippen molar-refractivity contribution in [3.8, 4) is 0 Å². The van der Waals surface area contributed by atoms with Crippen LogP contribution in [0.15, 0.2) is 18.2 Å². The Bertz CT molecular complexity index is 774. The first-order chi connectivity index (χ1) is 13.0. The van der Waals surface area contributed by atoms with Crippen LogP contribution in [0.1, 0.15) is 65.3 Å². The molecule has 2 heterocycles. The Morgan fingerprint density at radius 2 is 1.81 bits per heavy atom. The Labute approximate surface area is 158 Å². The molecule has 3 rings (SSSR count). The first-order valence-electron chi connectivity index (χ1n) is 9.45. The summed E-state index contributed by atoms with van der Waals surface area (Å²) >= 11 is 0. The van der Waals surface area contributed by atoms with Gasteiger partial charge >= 0.3 is 0 Å². The molecule has 7 heteroatoms. The van der Waals surface area contributed by atoms with Gasteiger partial charge in [-0.3, -0.25) is 29.4 Å². The number of carbonyl (C=O) groups excluding carboxylic acids is 4. The van der Waals surface area contributed by atoms with Gasteiger partial charge < -0.3 is 4.74 Å². The minimum atomic E-state index is -0.925. The third-order valence-electron chi connectivity index (χ3n) is 4.90. The third kappa shape index (κ3) is 4.08. The maximum atomic E-state index is 12.7. The van der Waals surface area contributed by atoms with E-state index in [2.05, 4.69) is 12.2 Å². The molecule has 2 aliphatic rings. The number of hydrogen-bond acceptors (Lipinski definition) is 5. The fourth-order valence-corrected chi connectivity index (χ4v) is 3.40. The van der Waals surface area contributed by atoms with Gasteiger partial charge in [-0.2, -0.15) is 0 Å². The van der Waals surface area contributed by atoms with Gasteiger partial charge in [0.1, 0.15) is 6.04 Å². The summed E-state index contributed by atoms with van der Waals surface area (Å²) in [6, 6.07) is 4.29. The molecule has 144 valence electrons. The van der Waals surface area contributed by atoms with Crippen LogP contribution in [0, 0.1) is 0 Å². The number of nitrogens with one attached hydrogen (secondary N) is 1. The molecule has 1 aromatic rings. The summed E-state index contributed by atoms with van der Waals surface area (Å²) < 4.78 is 5.54. The van der Waals surface area contributed by atoms with Crippen LogP contribution in [-0.2, 0) is 20.7 Å². The van der Waals surface area contributed by atoms with E-state index in [0.29, 0.717) is 17.7 Å². The van der Waals surface area contributed by atoms with E-state index in [-0.39, 0.29) is 18.7 Å². The van der Waals surface area contributed by atoms with Gasteiger partial charge in [0.25, 0.3) is 11.8 Å². The zero-order valence-corrected chi connectivity index (χ0v) is 15.5. The van der Waals surface area contributed by atoms with Crippen LogP contribution in [0.5, 0.6) is 0 Å². The van der Waals surface area contributed by atoms with Crippen molar-refractivity contribution in [2.75, 3.05) is 13.2 Å². The van der Waals surface area contributed by atoms with Crippen LogP contribution >= 0.6 is 0 Å². The molecule has 2 aliphatic heterocycles. The predicted molar refractivity (Wildman–Crippen MR) is 97.2 cm³/mol. The molecule has 1 fully saturated rings. The van der Waals surface area contributed by atoms with Crippen LogP contribution in [-0.4, -0.2) is 47.8 Å². The molecule has 27 heavy (non-hydrogen) atoms. The number of unbranched alkanes of at least 4 members (excludes halogenated alkanes) is 1. The smallest absolute Gasteiger partial charge is 0.262 e. The monoisotopic (exact) mass is 372 g/mol. The second-order valence-corrected chi connectivity index (χ2v) is 6.90. The van der Waals surface area contributed by atoms with Crippen molar-refractivity contribution in [1.29, 1.82) is 0 Å². The summed E-state index contributed by atoms with van der Waals surface area (Å²) in [5.41, 5.74) is 1.60. The lowest BCUT2D eigenvalue weighted by molar-refractivity contribution is -0.136. The van der Waals surface area contributed by atoms with Gasteiger partial charge in [-0.1, -0.05) is 19.4 Å². The number of fused-ring (bicyclic) bond motifs is 1. The lowest BCUT2D eigenvalue weighted by atomic mass is 10.0. The van der Waals surface area contributed by atoms with Crippen molar-refractivity contribution >= 4 is 23.6 Å². The summed E-state index contributed by atoms with van der Waals surface area (Å²) in [7, 11) is 0. The van der Waals surface area contributed by atoms with Gasteiger partial charge in [-0.15, -0.1) is 0 Å². The highest BCUT2D eigenvalue weighted by Gasteiger charge is 2.44. The number of benzene rings is 1. The van der Waals surface area contributed by atoms with Gasteiger partial charge in [0.15, 0.2) is 0 Å². The molecule has 1 aromatic carbocycles. The molecular weight excluding hydrogens is 348 g/mol. The quantitative estimate of drug-likeness (QED) is 0.555. The summed E-state index contributed by atoms with van der Waals surface area (Å²) in [5.74, 6) is -1.91. The number of carbonyl (C=O) groups is 4. The van der Waals surface area contributed by atoms with Gasteiger partial charge in [0, 0.05) is 19.6 Å². The van der Waals surface area contributed by atoms with E-state index in [0.717, 1.165) is 42.8 Å². The van der Waals surface area contributed by atoms with Crippen molar-refractivity contribution in [1.82, 2.24) is 10.2 Å². The van der Waals surface area contributed by atoms with Gasteiger partial charge in [-0.05, 0) is 43.4 Å². The molecule has 1 atom stereocenters. The van der Waals surface area contributed by atoms with Crippen LogP contribution < -0.4 is 5.32 Å². The number of nitrogens with zero attached hydrogens (tertiary/aromatic N) is 1. The molecule has 0 radical (unpaired) electrons. The van der Waals surface area contributed by atoms with Crippen molar-refractivity contribution in [3.63, 3.8) is 0 Å². The molecule has 0 bridgehead atoms. The van der Waals surface area contributed by atoms with Crippen LogP contribution in [0.2, 0.25) is 0 Å². The van der Waals surface area contributed by atoms with Gasteiger partial charge in [-0.25, -0.2) is 0 Å². The largest absolute Gasteiger partial charge is 0.381 e. The molecule has 1 unspecified atom stereocenters. The SMILES string of the molecule is CCCCOCCCc1ccc2c(c1)C(=O)N(C1CCC(=O)NC1=O)C2=O. The minimum Gasteiger partial charge on any atom is -0.381 e. The fraction of sp³-hybridized carbons (Fsp3) is 0.500. The highest BCUT2D eigenvalue weighted by Crippen LogP contribution is 2.28. The van der Waals surface area contributed by atoms with Crippen molar-refractivity contribution in [3.05, 3.63) is 34.9 Å². The molecule has 0 aliphatic carbocycles. The van der Waals surface area contributed by atoms with Crippen LogP contribution in [0.3, 0.4) is 0 Å². The molecule has 0 spiro atoms. The second-order valence-electron chi connectivity index (χ2n) is 6.90.